The van der Waals surface area contributed by atoms with Gasteiger partial charge in [-0.05, 0) is 78.0 Å². The van der Waals surface area contributed by atoms with E-state index in [0.717, 1.165) is 24.3 Å². The van der Waals surface area contributed by atoms with Gasteiger partial charge in [-0.2, -0.15) is 0 Å². The smallest absolute Gasteiger partial charge is 0.0704 e. The summed E-state index contributed by atoms with van der Waals surface area (Å²) >= 11 is 5.52. The number of nitrogens with one attached hydrogen (secondary N) is 1. The molecule has 2 aliphatic carbocycles. The summed E-state index contributed by atoms with van der Waals surface area (Å²) in [4.78, 5) is 1.48. The van der Waals surface area contributed by atoms with Crippen LogP contribution in [0.25, 0.3) is 0 Å². The zero-order valence-corrected chi connectivity index (χ0v) is 13.6. The summed E-state index contributed by atoms with van der Waals surface area (Å²) in [7, 11) is 0. The highest BCUT2D eigenvalue weighted by Crippen LogP contribution is 2.53. The summed E-state index contributed by atoms with van der Waals surface area (Å²) in [6, 6.07) is 2.94. The molecule has 0 aromatic carbocycles. The van der Waals surface area contributed by atoms with Crippen molar-refractivity contribution in [2.75, 3.05) is 6.54 Å². The van der Waals surface area contributed by atoms with Crippen LogP contribution >= 0.6 is 27.3 Å². The molecule has 4 atom stereocenters. The molecule has 1 aromatic rings. The summed E-state index contributed by atoms with van der Waals surface area (Å²) in [6.45, 7) is 5.57. The maximum Gasteiger partial charge on any atom is 0.0704 e. The van der Waals surface area contributed by atoms with Crippen LogP contribution in [0.5, 0.6) is 0 Å². The number of hydrogen-bond acceptors (Lipinski definition) is 2. The second-order valence-corrected chi connectivity index (χ2v) is 8.57. The van der Waals surface area contributed by atoms with Crippen LogP contribution in [0.2, 0.25) is 0 Å². The fourth-order valence-electron chi connectivity index (χ4n) is 4.18. The monoisotopic (exact) mass is 327 g/mol. The van der Waals surface area contributed by atoms with Crippen LogP contribution in [-0.4, -0.2) is 6.54 Å². The van der Waals surface area contributed by atoms with Crippen molar-refractivity contribution in [3.8, 4) is 0 Å². The molecule has 2 aliphatic rings. The van der Waals surface area contributed by atoms with Crippen LogP contribution in [0.3, 0.4) is 0 Å². The van der Waals surface area contributed by atoms with Gasteiger partial charge < -0.3 is 5.32 Å². The van der Waals surface area contributed by atoms with Gasteiger partial charge >= 0.3 is 0 Å². The Bertz CT molecular complexity index is 428. The van der Waals surface area contributed by atoms with Gasteiger partial charge in [0.1, 0.15) is 0 Å². The second-order valence-electron chi connectivity index (χ2n) is 5.94. The van der Waals surface area contributed by atoms with Crippen molar-refractivity contribution in [1.82, 2.24) is 5.32 Å². The van der Waals surface area contributed by atoms with Gasteiger partial charge in [0.05, 0.1) is 3.79 Å². The van der Waals surface area contributed by atoms with Crippen LogP contribution in [0.15, 0.2) is 9.85 Å². The molecule has 3 rings (SSSR count). The van der Waals surface area contributed by atoms with Crippen molar-refractivity contribution in [3.05, 3.63) is 20.3 Å². The molecule has 0 saturated heterocycles. The van der Waals surface area contributed by atoms with Crippen LogP contribution in [-0.2, 0) is 0 Å². The van der Waals surface area contributed by atoms with Crippen LogP contribution in [0.1, 0.15) is 49.1 Å². The Hall–Kier alpha value is 0.140. The quantitative estimate of drug-likeness (QED) is 0.828. The molecular weight excluding hydrogens is 306 g/mol. The Balaban J connectivity index is 1.86. The first-order valence-corrected chi connectivity index (χ1v) is 8.79. The summed E-state index contributed by atoms with van der Waals surface area (Å²) in [5.74, 6) is 2.89. The normalized spacial score (nSPS) is 32.1. The predicted octanol–water partition coefficient (Wildman–Crippen LogP) is 4.91. The highest BCUT2D eigenvalue weighted by molar-refractivity contribution is 9.11. The molecule has 0 radical (unpaired) electrons. The maximum atomic E-state index is 3.77. The fraction of sp³-hybridized carbons (Fsp3) is 0.733. The number of aryl methyl sites for hydroxylation is 1. The Labute approximate surface area is 122 Å². The van der Waals surface area contributed by atoms with Crippen molar-refractivity contribution in [3.63, 3.8) is 0 Å². The van der Waals surface area contributed by atoms with Gasteiger partial charge in [-0.3, -0.25) is 0 Å². The molecule has 3 heteroatoms. The molecule has 18 heavy (non-hydrogen) atoms. The van der Waals surface area contributed by atoms with E-state index in [0.29, 0.717) is 6.04 Å². The van der Waals surface area contributed by atoms with Gasteiger partial charge in [-0.25, -0.2) is 0 Å². The standard InChI is InChI=1S/C15H22BrNS/c1-3-17-15(12-8-14(16)18-9(12)2)13-7-10-4-5-11(13)6-10/h8,10-11,13,15,17H,3-7H2,1-2H3. The van der Waals surface area contributed by atoms with Gasteiger partial charge in [0, 0.05) is 10.9 Å². The molecular formula is C15H22BrNS. The predicted molar refractivity (Wildman–Crippen MR) is 82.1 cm³/mol. The zero-order valence-electron chi connectivity index (χ0n) is 11.2. The minimum Gasteiger partial charge on any atom is -0.310 e. The lowest BCUT2D eigenvalue weighted by Crippen LogP contribution is -2.31. The molecule has 100 valence electrons. The van der Waals surface area contributed by atoms with E-state index < -0.39 is 0 Å². The third kappa shape index (κ3) is 2.30. The molecule has 1 heterocycles. The topological polar surface area (TPSA) is 12.0 Å². The van der Waals surface area contributed by atoms with Gasteiger partial charge in [-0.15, -0.1) is 11.3 Å². The Morgan fingerprint density at radius 3 is 2.78 bits per heavy atom. The summed E-state index contributed by atoms with van der Waals surface area (Å²) in [5.41, 5.74) is 1.55. The maximum absolute atomic E-state index is 3.77. The number of thiophene rings is 1. The van der Waals surface area contributed by atoms with Crippen molar-refractivity contribution >= 4 is 27.3 Å². The zero-order chi connectivity index (χ0) is 12.7. The first kappa shape index (κ1) is 13.1. The minimum absolute atomic E-state index is 0.591. The van der Waals surface area contributed by atoms with Gasteiger partial charge in [-0.1, -0.05) is 13.3 Å². The highest BCUT2D eigenvalue weighted by Gasteiger charge is 2.43. The first-order chi connectivity index (χ1) is 8.69. The van der Waals surface area contributed by atoms with Crippen molar-refractivity contribution < 1.29 is 0 Å². The van der Waals surface area contributed by atoms with E-state index in [4.69, 9.17) is 0 Å². The van der Waals surface area contributed by atoms with Gasteiger partial charge in [0.15, 0.2) is 0 Å². The Morgan fingerprint density at radius 1 is 1.44 bits per heavy atom. The van der Waals surface area contributed by atoms with Gasteiger partial charge in [0.2, 0.25) is 0 Å². The van der Waals surface area contributed by atoms with E-state index in [9.17, 15) is 0 Å². The molecule has 2 saturated carbocycles. The molecule has 4 unspecified atom stereocenters. The van der Waals surface area contributed by atoms with Gasteiger partial charge in [0.25, 0.3) is 0 Å². The average molecular weight is 328 g/mol. The molecule has 2 fully saturated rings. The minimum atomic E-state index is 0.591. The van der Waals surface area contributed by atoms with Crippen LogP contribution < -0.4 is 5.32 Å². The van der Waals surface area contributed by atoms with Crippen LogP contribution in [0, 0.1) is 24.7 Å². The summed E-state index contributed by atoms with van der Waals surface area (Å²) < 4.78 is 1.28. The van der Waals surface area contributed by atoms with Crippen molar-refractivity contribution in [2.24, 2.45) is 17.8 Å². The third-order valence-electron chi connectivity index (χ3n) is 4.91. The van der Waals surface area contributed by atoms with Crippen molar-refractivity contribution in [2.45, 2.75) is 45.6 Å². The van der Waals surface area contributed by atoms with E-state index >= 15 is 0 Å². The van der Waals surface area contributed by atoms with E-state index in [1.165, 1.54) is 34.3 Å². The molecule has 1 nitrogen and oxygen atoms in total. The second kappa shape index (κ2) is 5.26. The Morgan fingerprint density at radius 2 is 2.28 bits per heavy atom. The van der Waals surface area contributed by atoms with E-state index in [1.807, 2.05) is 11.3 Å². The first-order valence-electron chi connectivity index (χ1n) is 7.18. The van der Waals surface area contributed by atoms with E-state index in [1.54, 1.807) is 5.56 Å². The lowest BCUT2D eigenvalue weighted by molar-refractivity contribution is 0.253. The largest absolute Gasteiger partial charge is 0.310 e. The SMILES string of the molecule is CCNC(c1cc(Br)sc1C)C1CC2CCC1C2. The number of fused-ring (bicyclic) bond motifs is 2. The number of rotatable bonds is 4. The Kier molecular flexibility index (Phi) is 3.84. The number of hydrogen-bond donors (Lipinski definition) is 1. The van der Waals surface area contributed by atoms with E-state index in [-0.39, 0.29) is 0 Å². The van der Waals surface area contributed by atoms with E-state index in [2.05, 4.69) is 41.2 Å². The average Bonchev–Trinajstić information content (AvgIpc) is 3.01. The van der Waals surface area contributed by atoms with Crippen LogP contribution in [0.4, 0.5) is 0 Å². The third-order valence-corrected chi connectivity index (χ3v) is 6.48. The molecule has 2 bridgehead atoms. The fourth-order valence-corrected chi connectivity index (χ4v) is 5.94. The summed E-state index contributed by atoms with van der Waals surface area (Å²) in [5, 5.41) is 3.77. The van der Waals surface area contributed by atoms with Crippen molar-refractivity contribution in [1.29, 1.82) is 0 Å². The molecule has 1 N–H and O–H groups in total. The molecule has 1 aromatic heterocycles. The molecule has 0 amide bonds. The highest BCUT2D eigenvalue weighted by atomic mass is 79.9. The lowest BCUT2D eigenvalue weighted by Gasteiger charge is -2.31. The lowest BCUT2D eigenvalue weighted by atomic mass is 9.80. The molecule has 0 aliphatic heterocycles. The number of halogens is 1. The summed E-state index contributed by atoms with van der Waals surface area (Å²) in [6.07, 6.45) is 5.92. The molecule has 0 spiro atoms.